The number of carbonyl (C=O) groups excluding carboxylic acids is 2. The van der Waals surface area contributed by atoms with E-state index in [4.69, 9.17) is 0 Å². The first-order valence-electron chi connectivity index (χ1n) is 6.23. The fourth-order valence-corrected chi connectivity index (χ4v) is 2.14. The Bertz CT molecular complexity index is 275. The van der Waals surface area contributed by atoms with Crippen molar-refractivity contribution in [3.8, 4) is 0 Å². The van der Waals surface area contributed by atoms with E-state index in [1.54, 1.807) is 19.0 Å². The van der Waals surface area contributed by atoms with Crippen LogP contribution in [0.4, 0.5) is 0 Å². The molecule has 1 heterocycles. The van der Waals surface area contributed by atoms with Gasteiger partial charge in [0.1, 0.15) is 0 Å². The molecule has 2 amide bonds. The highest BCUT2D eigenvalue weighted by Gasteiger charge is 2.22. The average Bonchev–Trinajstić information content (AvgIpc) is 2.80. The molecule has 0 aromatic carbocycles. The lowest BCUT2D eigenvalue weighted by Crippen LogP contribution is -2.39. The van der Waals surface area contributed by atoms with Gasteiger partial charge in [-0.3, -0.25) is 9.59 Å². The molecule has 5 nitrogen and oxygen atoms in total. The van der Waals surface area contributed by atoms with Crippen LogP contribution in [0.25, 0.3) is 0 Å². The van der Waals surface area contributed by atoms with Gasteiger partial charge in [0.25, 0.3) is 0 Å². The van der Waals surface area contributed by atoms with Gasteiger partial charge >= 0.3 is 0 Å². The Balaban J connectivity index is 2.32. The van der Waals surface area contributed by atoms with Crippen LogP contribution in [0.5, 0.6) is 0 Å². The van der Waals surface area contributed by atoms with Crippen molar-refractivity contribution in [1.82, 2.24) is 15.5 Å². The minimum absolute atomic E-state index is 0.0244. The predicted molar refractivity (Wildman–Crippen MR) is 66.5 cm³/mol. The lowest BCUT2D eigenvalue weighted by molar-refractivity contribution is -0.132. The highest BCUT2D eigenvalue weighted by atomic mass is 16.2. The van der Waals surface area contributed by atoms with Crippen LogP contribution in [0.2, 0.25) is 0 Å². The van der Waals surface area contributed by atoms with E-state index in [9.17, 15) is 9.59 Å². The van der Waals surface area contributed by atoms with Crippen molar-refractivity contribution in [2.75, 3.05) is 27.2 Å². The van der Waals surface area contributed by atoms with Gasteiger partial charge in [0.05, 0.1) is 5.92 Å². The van der Waals surface area contributed by atoms with E-state index in [-0.39, 0.29) is 17.7 Å². The quantitative estimate of drug-likeness (QED) is 0.710. The van der Waals surface area contributed by atoms with Crippen LogP contribution in [0.3, 0.4) is 0 Å². The number of carbonyl (C=O) groups is 2. The van der Waals surface area contributed by atoms with E-state index in [0.29, 0.717) is 19.0 Å². The predicted octanol–water partition coefficient (Wildman–Crippen LogP) is -0.0310. The fraction of sp³-hybridized carbons (Fsp3) is 0.833. The van der Waals surface area contributed by atoms with Crippen LogP contribution in [0, 0.1) is 5.92 Å². The Hall–Kier alpha value is -1.10. The van der Waals surface area contributed by atoms with Gasteiger partial charge < -0.3 is 15.5 Å². The molecule has 0 aromatic rings. The summed E-state index contributed by atoms with van der Waals surface area (Å²) < 4.78 is 0. The maximum atomic E-state index is 11.9. The normalized spacial score (nSPS) is 21.0. The molecule has 5 heteroatoms. The molecule has 0 spiro atoms. The van der Waals surface area contributed by atoms with Crippen LogP contribution < -0.4 is 10.6 Å². The van der Waals surface area contributed by atoms with Crippen LogP contribution in [-0.2, 0) is 9.59 Å². The van der Waals surface area contributed by atoms with Gasteiger partial charge in [0.15, 0.2) is 0 Å². The standard InChI is InChI=1S/C12H23N3O2/c1-9(12(17)13-2)8-15(3)11(16)7-10-5-4-6-14-10/h9-10,14H,4-8H2,1-3H3,(H,13,17). The highest BCUT2D eigenvalue weighted by Crippen LogP contribution is 2.10. The third-order valence-corrected chi connectivity index (χ3v) is 3.25. The number of amides is 2. The van der Waals surface area contributed by atoms with E-state index in [1.165, 1.54) is 0 Å². The van der Waals surface area contributed by atoms with Crippen molar-refractivity contribution < 1.29 is 9.59 Å². The summed E-state index contributed by atoms with van der Waals surface area (Å²) in [4.78, 5) is 24.9. The number of rotatable bonds is 5. The van der Waals surface area contributed by atoms with Crippen molar-refractivity contribution in [3.05, 3.63) is 0 Å². The minimum Gasteiger partial charge on any atom is -0.359 e. The number of nitrogens with zero attached hydrogens (tertiary/aromatic N) is 1. The molecule has 1 aliphatic heterocycles. The van der Waals surface area contributed by atoms with E-state index >= 15 is 0 Å². The Morgan fingerprint density at radius 1 is 1.53 bits per heavy atom. The maximum Gasteiger partial charge on any atom is 0.224 e. The third kappa shape index (κ3) is 4.34. The van der Waals surface area contributed by atoms with Gasteiger partial charge in [0, 0.05) is 33.1 Å². The minimum atomic E-state index is -0.162. The van der Waals surface area contributed by atoms with E-state index in [1.807, 2.05) is 6.92 Å². The molecule has 1 saturated heterocycles. The summed E-state index contributed by atoms with van der Waals surface area (Å²) in [5.74, 6) is -0.0747. The molecule has 0 saturated carbocycles. The SMILES string of the molecule is CNC(=O)C(C)CN(C)C(=O)CC1CCCN1. The lowest BCUT2D eigenvalue weighted by Gasteiger charge is -2.22. The van der Waals surface area contributed by atoms with Crippen molar-refractivity contribution in [2.24, 2.45) is 5.92 Å². The third-order valence-electron chi connectivity index (χ3n) is 3.25. The highest BCUT2D eigenvalue weighted by molar-refractivity contribution is 5.80. The largest absolute Gasteiger partial charge is 0.359 e. The van der Waals surface area contributed by atoms with Crippen LogP contribution in [0.1, 0.15) is 26.2 Å². The summed E-state index contributed by atoms with van der Waals surface area (Å²) in [6.07, 6.45) is 2.76. The Morgan fingerprint density at radius 3 is 2.76 bits per heavy atom. The van der Waals surface area contributed by atoms with Gasteiger partial charge in [-0.25, -0.2) is 0 Å². The molecule has 0 aliphatic carbocycles. The number of hydrogen-bond donors (Lipinski definition) is 2. The summed E-state index contributed by atoms with van der Waals surface area (Å²) in [5.41, 5.74) is 0. The first-order valence-corrected chi connectivity index (χ1v) is 6.23. The molecule has 2 unspecified atom stereocenters. The van der Waals surface area contributed by atoms with Gasteiger partial charge in [-0.15, -0.1) is 0 Å². The van der Waals surface area contributed by atoms with Crippen molar-refractivity contribution in [3.63, 3.8) is 0 Å². The lowest BCUT2D eigenvalue weighted by atomic mass is 10.1. The molecule has 1 aliphatic rings. The smallest absolute Gasteiger partial charge is 0.224 e. The summed E-state index contributed by atoms with van der Waals surface area (Å²) in [7, 11) is 3.37. The molecule has 98 valence electrons. The molecule has 0 bridgehead atoms. The second-order valence-corrected chi connectivity index (χ2v) is 4.79. The molecule has 1 rings (SSSR count). The van der Waals surface area contributed by atoms with Crippen molar-refractivity contribution in [1.29, 1.82) is 0 Å². The molecule has 1 fully saturated rings. The van der Waals surface area contributed by atoms with Gasteiger partial charge in [-0.2, -0.15) is 0 Å². The van der Waals surface area contributed by atoms with Gasteiger partial charge in [-0.05, 0) is 19.4 Å². The second-order valence-electron chi connectivity index (χ2n) is 4.79. The van der Waals surface area contributed by atoms with E-state index in [0.717, 1.165) is 19.4 Å². The van der Waals surface area contributed by atoms with E-state index < -0.39 is 0 Å². The average molecular weight is 241 g/mol. The molecule has 17 heavy (non-hydrogen) atoms. The molecule has 0 radical (unpaired) electrons. The monoisotopic (exact) mass is 241 g/mol. The Morgan fingerprint density at radius 2 is 2.24 bits per heavy atom. The van der Waals surface area contributed by atoms with Crippen molar-refractivity contribution >= 4 is 11.8 Å². The molecule has 2 atom stereocenters. The summed E-state index contributed by atoms with van der Waals surface area (Å²) in [6, 6.07) is 0.320. The molecule has 0 aromatic heterocycles. The zero-order valence-electron chi connectivity index (χ0n) is 11.0. The zero-order valence-corrected chi connectivity index (χ0v) is 11.0. The Kier molecular flexibility index (Phi) is 5.41. The fourth-order valence-electron chi connectivity index (χ4n) is 2.14. The summed E-state index contributed by atoms with van der Waals surface area (Å²) >= 11 is 0. The van der Waals surface area contributed by atoms with Gasteiger partial charge in [-0.1, -0.05) is 6.92 Å². The number of hydrogen-bond acceptors (Lipinski definition) is 3. The number of nitrogens with one attached hydrogen (secondary N) is 2. The molecular weight excluding hydrogens is 218 g/mol. The topological polar surface area (TPSA) is 61.4 Å². The molecular formula is C12H23N3O2. The summed E-state index contributed by atoms with van der Waals surface area (Å²) in [5, 5.41) is 5.90. The van der Waals surface area contributed by atoms with Crippen molar-refractivity contribution in [2.45, 2.75) is 32.2 Å². The Labute approximate surface area is 103 Å². The van der Waals surface area contributed by atoms with Crippen LogP contribution in [0.15, 0.2) is 0 Å². The van der Waals surface area contributed by atoms with Gasteiger partial charge in [0.2, 0.25) is 11.8 Å². The summed E-state index contributed by atoms with van der Waals surface area (Å²) in [6.45, 7) is 3.32. The zero-order chi connectivity index (χ0) is 12.8. The second kappa shape index (κ2) is 6.59. The van der Waals surface area contributed by atoms with Crippen LogP contribution in [-0.4, -0.2) is 49.9 Å². The first kappa shape index (κ1) is 14.0. The molecule has 2 N–H and O–H groups in total. The van der Waals surface area contributed by atoms with Crippen LogP contribution >= 0.6 is 0 Å². The first-order chi connectivity index (χ1) is 8.04. The van der Waals surface area contributed by atoms with E-state index in [2.05, 4.69) is 10.6 Å². The maximum absolute atomic E-state index is 11.9.